The van der Waals surface area contributed by atoms with E-state index in [9.17, 15) is 19.7 Å². The SMILES string of the molecule is CCN(CC)CCCn1cc(C2=C(c3c[nH]c4ccccc34)C(=O)NC2=O)c2cc([N+](=O)[O-])ccc21. The number of aromatic nitrogens is 2. The Morgan fingerprint density at radius 2 is 1.69 bits per heavy atom. The molecule has 36 heavy (non-hydrogen) atoms. The Kier molecular flexibility index (Phi) is 6.15. The molecule has 2 N–H and O–H groups in total. The number of aromatic amines is 1. The van der Waals surface area contributed by atoms with E-state index in [-0.39, 0.29) is 16.8 Å². The third-order valence-corrected chi connectivity index (χ3v) is 6.90. The van der Waals surface area contributed by atoms with Crippen LogP contribution in [-0.2, 0) is 16.1 Å². The Bertz CT molecular complexity index is 1540. The van der Waals surface area contributed by atoms with Gasteiger partial charge in [-0.05, 0) is 38.2 Å². The van der Waals surface area contributed by atoms with Gasteiger partial charge in [0.1, 0.15) is 0 Å². The average molecular weight is 486 g/mol. The summed E-state index contributed by atoms with van der Waals surface area (Å²) in [7, 11) is 0. The number of fused-ring (bicyclic) bond motifs is 2. The molecule has 0 aliphatic carbocycles. The Morgan fingerprint density at radius 1 is 0.972 bits per heavy atom. The van der Waals surface area contributed by atoms with Gasteiger partial charge >= 0.3 is 0 Å². The van der Waals surface area contributed by atoms with Crippen molar-refractivity contribution in [3.8, 4) is 0 Å². The van der Waals surface area contributed by atoms with Crippen LogP contribution in [0.4, 0.5) is 5.69 Å². The van der Waals surface area contributed by atoms with E-state index in [0.29, 0.717) is 23.1 Å². The van der Waals surface area contributed by atoms with Gasteiger partial charge in [-0.25, -0.2) is 0 Å². The predicted octanol–water partition coefficient (Wildman–Crippen LogP) is 4.33. The Labute approximate surface area is 207 Å². The van der Waals surface area contributed by atoms with Crippen molar-refractivity contribution in [2.45, 2.75) is 26.8 Å². The summed E-state index contributed by atoms with van der Waals surface area (Å²) in [5.74, 6) is -0.985. The molecule has 2 amide bonds. The number of non-ortho nitro benzene ring substituents is 1. The molecule has 2 aromatic carbocycles. The topological polar surface area (TPSA) is 113 Å². The molecular weight excluding hydrogens is 458 g/mol. The number of nitro groups is 1. The second kappa shape index (κ2) is 9.43. The van der Waals surface area contributed by atoms with Crippen molar-refractivity contribution < 1.29 is 14.5 Å². The highest BCUT2D eigenvalue weighted by Crippen LogP contribution is 2.39. The van der Waals surface area contributed by atoms with Crippen molar-refractivity contribution in [2.75, 3.05) is 19.6 Å². The second-order valence-corrected chi connectivity index (χ2v) is 8.86. The molecule has 0 fully saturated rings. The normalized spacial score (nSPS) is 14.0. The minimum Gasteiger partial charge on any atom is -0.361 e. The van der Waals surface area contributed by atoms with Gasteiger partial charge in [0.15, 0.2) is 0 Å². The number of amides is 2. The van der Waals surface area contributed by atoms with E-state index in [1.54, 1.807) is 12.3 Å². The highest BCUT2D eigenvalue weighted by Gasteiger charge is 2.35. The first-order chi connectivity index (χ1) is 17.4. The van der Waals surface area contributed by atoms with Gasteiger partial charge < -0.3 is 14.5 Å². The third-order valence-electron chi connectivity index (χ3n) is 6.90. The number of para-hydroxylation sites is 1. The number of carbonyl (C=O) groups is 2. The number of H-pyrrole nitrogens is 1. The molecule has 0 radical (unpaired) electrons. The van der Waals surface area contributed by atoms with Crippen LogP contribution in [0.1, 0.15) is 31.4 Å². The number of aryl methyl sites for hydroxylation is 1. The lowest BCUT2D eigenvalue weighted by molar-refractivity contribution is -0.384. The summed E-state index contributed by atoms with van der Waals surface area (Å²) >= 11 is 0. The average Bonchev–Trinajstić information content (AvgIpc) is 3.54. The summed E-state index contributed by atoms with van der Waals surface area (Å²) < 4.78 is 2.02. The first-order valence-corrected chi connectivity index (χ1v) is 12.1. The van der Waals surface area contributed by atoms with Gasteiger partial charge in [-0.15, -0.1) is 0 Å². The number of nitro benzene ring substituents is 1. The number of hydrogen-bond acceptors (Lipinski definition) is 5. The van der Waals surface area contributed by atoms with Crippen molar-refractivity contribution in [3.63, 3.8) is 0 Å². The van der Waals surface area contributed by atoms with Gasteiger partial charge in [0.25, 0.3) is 17.5 Å². The molecular formula is C27H27N5O4. The molecule has 0 saturated carbocycles. The lowest BCUT2D eigenvalue weighted by Gasteiger charge is -2.17. The summed E-state index contributed by atoms with van der Waals surface area (Å²) in [5.41, 5.74) is 3.21. The second-order valence-electron chi connectivity index (χ2n) is 8.86. The fourth-order valence-corrected chi connectivity index (χ4v) is 5.03. The lowest BCUT2D eigenvalue weighted by atomic mass is 9.95. The Balaban J connectivity index is 1.68. The highest BCUT2D eigenvalue weighted by molar-refractivity contribution is 6.50. The fraction of sp³-hybridized carbons (Fsp3) is 0.259. The maximum atomic E-state index is 13.1. The van der Waals surface area contributed by atoms with Crippen LogP contribution in [-0.4, -0.2) is 50.8 Å². The number of rotatable bonds is 9. The van der Waals surface area contributed by atoms with E-state index < -0.39 is 16.7 Å². The number of nitrogens with one attached hydrogen (secondary N) is 2. The van der Waals surface area contributed by atoms with Gasteiger partial charge in [-0.2, -0.15) is 0 Å². The summed E-state index contributed by atoms with van der Waals surface area (Å²) in [5, 5.41) is 15.4. The standard InChI is InChI=1S/C27H27N5O4/c1-3-30(4-2)12-7-13-31-16-21(19-14-17(32(35)36)10-11-23(19)31)25-24(26(33)29-27(25)34)20-15-28-22-9-6-5-8-18(20)22/h5-6,8-11,14-16,28H,3-4,7,12-13H2,1-2H3,(H,29,33,34). The van der Waals surface area contributed by atoms with Crippen molar-refractivity contribution in [1.29, 1.82) is 0 Å². The number of hydrogen-bond donors (Lipinski definition) is 2. The molecule has 0 atom stereocenters. The first-order valence-electron chi connectivity index (χ1n) is 12.1. The molecule has 5 rings (SSSR count). The fourth-order valence-electron chi connectivity index (χ4n) is 5.03. The summed E-state index contributed by atoms with van der Waals surface area (Å²) in [4.78, 5) is 42.7. The zero-order chi connectivity index (χ0) is 25.4. The van der Waals surface area contributed by atoms with Gasteiger partial charge in [-0.3, -0.25) is 25.0 Å². The molecule has 0 unspecified atom stereocenters. The first kappa shape index (κ1) is 23.5. The molecule has 3 heterocycles. The molecule has 0 bridgehead atoms. The van der Waals surface area contributed by atoms with Crippen LogP contribution in [0.3, 0.4) is 0 Å². The van der Waals surface area contributed by atoms with E-state index in [0.717, 1.165) is 42.5 Å². The van der Waals surface area contributed by atoms with Crippen LogP contribution in [0, 0.1) is 10.1 Å². The largest absolute Gasteiger partial charge is 0.361 e. The maximum absolute atomic E-state index is 13.1. The van der Waals surface area contributed by atoms with Crippen molar-refractivity contribution >= 4 is 50.5 Å². The number of imide groups is 1. The zero-order valence-electron chi connectivity index (χ0n) is 20.2. The predicted molar refractivity (Wildman–Crippen MR) is 139 cm³/mol. The van der Waals surface area contributed by atoms with E-state index in [4.69, 9.17) is 0 Å². The number of carbonyl (C=O) groups excluding carboxylic acids is 2. The molecule has 1 aliphatic rings. The van der Waals surface area contributed by atoms with Crippen LogP contribution in [0.2, 0.25) is 0 Å². The molecule has 2 aromatic heterocycles. The van der Waals surface area contributed by atoms with Gasteiger partial charge in [0.2, 0.25) is 0 Å². The molecule has 0 saturated heterocycles. The molecule has 184 valence electrons. The van der Waals surface area contributed by atoms with Crippen molar-refractivity contribution in [2.24, 2.45) is 0 Å². The summed E-state index contributed by atoms with van der Waals surface area (Å²) in [6.07, 6.45) is 4.45. The monoisotopic (exact) mass is 485 g/mol. The van der Waals surface area contributed by atoms with Crippen molar-refractivity contribution in [1.82, 2.24) is 19.8 Å². The molecule has 1 aliphatic heterocycles. The minimum atomic E-state index is -0.506. The molecule has 9 heteroatoms. The third kappa shape index (κ3) is 3.97. The van der Waals surface area contributed by atoms with Crippen LogP contribution in [0.15, 0.2) is 54.9 Å². The molecule has 0 spiro atoms. The summed E-state index contributed by atoms with van der Waals surface area (Å²) in [6.45, 7) is 7.76. The molecule has 4 aromatic rings. The lowest BCUT2D eigenvalue weighted by Crippen LogP contribution is -2.24. The van der Waals surface area contributed by atoms with E-state index in [2.05, 4.69) is 29.0 Å². The maximum Gasteiger partial charge on any atom is 0.270 e. The quantitative estimate of drug-likeness (QED) is 0.208. The van der Waals surface area contributed by atoms with Crippen LogP contribution in [0.5, 0.6) is 0 Å². The van der Waals surface area contributed by atoms with E-state index in [1.807, 2.05) is 35.0 Å². The zero-order valence-corrected chi connectivity index (χ0v) is 20.2. The van der Waals surface area contributed by atoms with Gasteiger partial charge in [0.05, 0.1) is 16.1 Å². The number of nitrogens with zero attached hydrogens (tertiary/aromatic N) is 3. The van der Waals surface area contributed by atoms with Gasteiger partial charge in [-0.1, -0.05) is 32.0 Å². The van der Waals surface area contributed by atoms with Crippen molar-refractivity contribution in [3.05, 3.63) is 76.1 Å². The van der Waals surface area contributed by atoms with Crippen LogP contribution < -0.4 is 5.32 Å². The van der Waals surface area contributed by atoms with E-state index in [1.165, 1.54) is 12.1 Å². The minimum absolute atomic E-state index is 0.0661. The summed E-state index contributed by atoms with van der Waals surface area (Å²) in [6, 6.07) is 12.2. The number of benzene rings is 2. The Morgan fingerprint density at radius 3 is 2.42 bits per heavy atom. The van der Waals surface area contributed by atoms with Crippen LogP contribution >= 0.6 is 0 Å². The van der Waals surface area contributed by atoms with E-state index >= 15 is 0 Å². The van der Waals surface area contributed by atoms with Gasteiger partial charge in [0, 0.05) is 64.0 Å². The molecule has 9 nitrogen and oxygen atoms in total. The highest BCUT2D eigenvalue weighted by atomic mass is 16.6. The smallest absolute Gasteiger partial charge is 0.270 e. The Hall–Kier alpha value is -4.24. The van der Waals surface area contributed by atoms with Crippen LogP contribution in [0.25, 0.3) is 33.0 Å².